The van der Waals surface area contributed by atoms with Gasteiger partial charge < -0.3 is 10.5 Å². The summed E-state index contributed by atoms with van der Waals surface area (Å²) in [6, 6.07) is 12.4. The maximum Gasteiger partial charge on any atom is 0.247 e. The Bertz CT molecular complexity index is 1480. The first kappa shape index (κ1) is 22.9. The summed E-state index contributed by atoms with van der Waals surface area (Å²) in [4.78, 5) is 35.0. The van der Waals surface area contributed by atoms with Crippen LogP contribution in [-0.4, -0.2) is 21.8 Å². The fourth-order valence-electron chi connectivity index (χ4n) is 3.79. The minimum absolute atomic E-state index is 0.0910. The molecule has 0 bridgehead atoms. The molecule has 176 valence electrons. The zero-order chi connectivity index (χ0) is 24.7. The fraction of sp³-hybridized carbons (Fsp3) is 0.120. The first-order valence-corrected chi connectivity index (χ1v) is 11.4. The van der Waals surface area contributed by atoms with Crippen LogP contribution in [0.4, 0.5) is 20.2 Å². The Balaban J connectivity index is 1.52. The number of ether oxygens (including phenoxy) is 1. The van der Waals surface area contributed by atoms with Crippen molar-refractivity contribution in [3.63, 3.8) is 0 Å². The number of aromatic nitrogens is 2. The van der Waals surface area contributed by atoms with Crippen LogP contribution in [0.3, 0.4) is 0 Å². The zero-order valence-electron chi connectivity index (χ0n) is 18.0. The number of carbonyl (C=O) groups is 2. The van der Waals surface area contributed by atoms with E-state index >= 15 is 4.39 Å². The lowest BCUT2D eigenvalue weighted by molar-refractivity contribution is -0.133. The summed E-state index contributed by atoms with van der Waals surface area (Å²) in [6.45, 7) is 0. The summed E-state index contributed by atoms with van der Waals surface area (Å²) in [5.41, 5.74) is 5.15. The van der Waals surface area contributed by atoms with E-state index in [9.17, 15) is 14.0 Å². The number of carbonyl (C=O) groups excluding carboxylic acids is 2. The Kier molecular flexibility index (Phi) is 5.68. The first-order chi connectivity index (χ1) is 16.8. The average molecular weight is 539 g/mol. The number of pyridine rings is 2. The molecule has 2 aromatic carbocycles. The SMILES string of the molecule is NC(=O)C1(C(=O)N(c2ccc(F)cc2)c2ccc(Oc3ccnc4cc(Br)ncc34)c(F)c2)CC1. The molecule has 2 amide bonds. The molecule has 0 unspecified atom stereocenters. The van der Waals surface area contributed by atoms with Crippen LogP contribution in [0, 0.1) is 17.0 Å². The molecule has 1 saturated carbocycles. The Morgan fingerprint density at radius 2 is 1.69 bits per heavy atom. The van der Waals surface area contributed by atoms with E-state index in [1.165, 1.54) is 47.5 Å². The molecule has 2 N–H and O–H groups in total. The summed E-state index contributed by atoms with van der Waals surface area (Å²) >= 11 is 3.29. The summed E-state index contributed by atoms with van der Waals surface area (Å²) in [5, 5.41) is 0.583. The predicted octanol–water partition coefficient (Wildman–Crippen LogP) is 5.39. The van der Waals surface area contributed by atoms with Gasteiger partial charge in [-0.3, -0.25) is 19.5 Å². The van der Waals surface area contributed by atoms with Gasteiger partial charge in [0.05, 0.1) is 16.6 Å². The van der Waals surface area contributed by atoms with Crippen LogP contribution in [0.15, 0.2) is 71.6 Å². The van der Waals surface area contributed by atoms with Gasteiger partial charge in [-0.05, 0) is 77.3 Å². The molecule has 2 heterocycles. The van der Waals surface area contributed by atoms with Gasteiger partial charge in [0.1, 0.15) is 21.6 Å². The van der Waals surface area contributed by atoms with Gasteiger partial charge >= 0.3 is 0 Å². The van der Waals surface area contributed by atoms with Crippen molar-refractivity contribution >= 4 is 50.0 Å². The van der Waals surface area contributed by atoms with Crippen molar-refractivity contribution in [3.8, 4) is 11.5 Å². The second-order valence-corrected chi connectivity index (χ2v) is 8.93. The normalized spacial score (nSPS) is 13.9. The molecule has 4 aromatic rings. The van der Waals surface area contributed by atoms with Gasteiger partial charge in [-0.2, -0.15) is 0 Å². The Morgan fingerprint density at radius 1 is 0.971 bits per heavy atom. The molecule has 1 aliphatic carbocycles. The molecule has 0 saturated heterocycles. The van der Waals surface area contributed by atoms with Crippen molar-refractivity contribution in [1.82, 2.24) is 9.97 Å². The maximum atomic E-state index is 15.2. The number of benzene rings is 2. The Morgan fingerprint density at radius 3 is 2.34 bits per heavy atom. The van der Waals surface area contributed by atoms with Crippen molar-refractivity contribution in [2.24, 2.45) is 11.1 Å². The van der Waals surface area contributed by atoms with Gasteiger partial charge in [-0.15, -0.1) is 0 Å². The molecule has 7 nitrogen and oxygen atoms in total. The Hall–Kier alpha value is -3.92. The number of rotatable bonds is 6. The summed E-state index contributed by atoms with van der Waals surface area (Å²) in [6.07, 6.45) is 3.68. The highest BCUT2D eigenvalue weighted by atomic mass is 79.9. The average Bonchev–Trinajstić information content (AvgIpc) is 3.64. The van der Waals surface area contributed by atoms with E-state index in [1.807, 2.05) is 0 Å². The van der Waals surface area contributed by atoms with Crippen molar-refractivity contribution in [2.75, 3.05) is 4.90 Å². The smallest absolute Gasteiger partial charge is 0.247 e. The number of amides is 2. The van der Waals surface area contributed by atoms with E-state index in [0.717, 1.165) is 6.07 Å². The van der Waals surface area contributed by atoms with Gasteiger partial charge in [0.2, 0.25) is 11.8 Å². The molecule has 1 fully saturated rings. The number of anilines is 2. The number of nitrogens with zero attached hydrogens (tertiary/aromatic N) is 3. The molecule has 35 heavy (non-hydrogen) atoms. The number of nitrogens with two attached hydrogens (primary N) is 1. The fourth-order valence-corrected chi connectivity index (χ4v) is 4.11. The maximum absolute atomic E-state index is 15.2. The molecule has 0 spiro atoms. The van der Waals surface area contributed by atoms with Crippen LogP contribution in [-0.2, 0) is 9.59 Å². The number of hydrogen-bond acceptors (Lipinski definition) is 5. The molecule has 0 radical (unpaired) electrons. The molecular weight excluding hydrogens is 522 g/mol. The minimum atomic E-state index is -1.36. The van der Waals surface area contributed by atoms with Crippen LogP contribution in [0.5, 0.6) is 11.5 Å². The van der Waals surface area contributed by atoms with Crippen LogP contribution in [0.2, 0.25) is 0 Å². The van der Waals surface area contributed by atoms with Crippen molar-refractivity contribution in [2.45, 2.75) is 12.8 Å². The molecule has 2 aromatic heterocycles. The molecule has 0 atom stereocenters. The van der Waals surface area contributed by atoms with E-state index in [4.69, 9.17) is 10.5 Å². The predicted molar refractivity (Wildman–Crippen MR) is 128 cm³/mol. The minimum Gasteiger partial charge on any atom is -0.453 e. The number of hydrogen-bond donors (Lipinski definition) is 1. The molecule has 0 aliphatic heterocycles. The first-order valence-electron chi connectivity index (χ1n) is 10.6. The molecule has 5 rings (SSSR count). The zero-order valence-corrected chi connectivity index (χ0v) is 19.6. The van der Waals surface area contributed by atoms with Gasteiger partial charge in [-0.1, -0.05) is 0 Å². The van der Waals surface area contributed by atoms with Gasteiger partial charge in [0.25, 0.3) is 0 Å². The highest BCUT2D eigenvalue weighted by Crippen LogP contribution is 2.49. The standard InChI is InChI=1S/C25H17BrF2N4O3/c26-22-12-19-17(13-31-22)20(7-10-30-19)35-21-6-5-16(11-18(21)28)32(15-3-1-14(27)2-4-15)24(34)25(8-9-25)23(29)33/h1-7,10-13H,8-9H2,(H2,29,33). The van der Waals surface area contributed by atoms with E-state index < -0.39 is 28.9 Å². The summed E-state index contributed by atoms with van der Waals surface area (Å²) in [7, 11) is 0. The van der Waals surface area contributed by atoms with E-state index in [2.05, 4.69) is 25.9 Å². The number of fused-ring (bicyclic) bond motifs is 1. The summed E-state index contributed by atoms with van der Waals surface area (Å²) < 4.78 is 35.1. The van der Waals surface area contributed by atoms with Crippen LogP contribution >= 0.6 is 15.9 Å². The quantitative estimate of drug-likeness (QED) is 0.262. The highest BCUT2D eigenvalue weighted by molar-refractivity contribution is 9.10. The van der Waals surface area contributed by atoms with Crippen molar-refractivity contribution in [1.29, 1.82) is 0 Å². The third-order valence-electron chi connectivity index (χ3n) is 5.87. The second-order valence-electron chi connectivity index (χ2n) is 8.11. The van der Waals surface area contributed by atoms with Gasteiger partial charge in [0.15, 0.2) is 11.6 Å². The highest BCUT2D eigenvalue weighted by Gasteiger charge is 2.57. The van der Waals surface area contributed by atoms with Crippen LogP contribution in [0.25, 0.3) is 10.9 Å². The Labute approximate surface area is 206 Å². The van der Waals surface area contributed by atoms with E-state index in [-0.39, 0.29) is 17.1 Å². The topological polar surface area (TPSA) is 98.4 Å². The third kappa shape index (κ3) is 4.21. The van der Waals surface area contributed by atoms with E-state index in [0.29, 0.717) is 34.1 Å². The van der Waals surface area contributed by atoms with Crippen molar-refractivity contribution in [3.05, 3.63) is 83.2 Å². The van der Waals surface area contributed by atoms with Crippen LogP contribution < -0.4 is 15.4 Å². The van der Waals surface area contributed by atoms with Gasteiger partial charge in [0, 0.05) is 24.1 Å². The number of primary amides is 1. The van der Waals surface area contributed by atoms with Crippen LogP contribution in [0.1, 0.15) is 12.8 Å². The van der Waals surface area contributed by atoms with E-state index in [1.54, 1.807) is 18.3 Å². The lowest BCUT2D eigenvalue weighted by Gasteiger charge is -2.26. The monoisotopic (exact) mass is 538 g/mol. The lowest BCUT2D eigenvalue weighted by atomic mass is 10.0. The lowest BCUT2D eigenvalue weighted by Crippen LogP contribution is -2.41. The molecular formula is C25H17BrF2N4O3. The van der Waals surface area contributed by atoms with Gasteiger partial charge in [-0.25, -0.2) is 13.8 Å². The third-order valence-corrected chi connectivity index (χ3v) is 6.30. The number of halogens is 3. The molecule has 1 aliphatic rings. The second kappa shape index (κ2) is 8.70. The largest absolute Gasteiger partial charge is 0.453 e. The van der Waals surface area contributed by atoms with Crippen molar-refractivity contribution < 1.29 is 23.1 Å². The summed E-state index contributed by atoms with van der Waals surface area (Å²) in [5.74, 6) is -2.34. The molecule has 10 heteroatoms.